The molecule has 4 heterocycles. The molecule has 3 aliphatic heterocycles. The number of pyridine rings is 1. The molecule has 32 heavy (non-hydrogen) atoms. The monoisotopic (exact) mass is 433 g/mol. The van der Waals surface area contributed by atoms with Crippen molar-refractivity contribution in [3.63, 3.8) is 0 Å². The summed E-state index contributed by atoms with van der Waals surface area (Å²) in [5, 5.41) is 7.24. The summed E-state index contributed by atoms with van der Waals surface area (Å²) < 4.78 is 10.9. The van der Waals surface area contributed by atoms with Crippen molar-refractivity contribution in [2.24, 2.45) is 4.99 Å². The summed E-state index contributed by atoms with van der Waals surface area (Å²) in [7, 11) is 0. The zero-order valence-electron chi connectivity index (χ0n) is 18.0. The molecule has 1 atom stereocenters. The van der Waals surface area contributed by atoms with Crippen LogP contribution >= 0.6 is 0 Å². The number of aliphatic imine (C=N–C) groups is 1. The Morgan fingerprint density at radius 3 is 2.94 bits per heavy atom. The lowest BCUT2D eigenvalue weighted by molar-refractivity contribution is 0.0694. The second-order valence-electron chi connectivity index (χ2n) is 9.05. The number of benzene rings is 1. The molecule has 0 bridgehead atoms. The highest BCUT2D eigenvalue weighted by Crippen LogP contribution is 2.37. The van der Waals surface area contributed by atoms with Gasteiger partial charge in [0.25, 0.3) is 5.91 Å². The van der Waals surface area contributed by atoms with Gasteiger partial charge < -0.3 is 25.0 Å². The summed E-state index contributed by atoms with van der Waals surface area (Å²) in [5.41, 5.74) is 1.13. The maximum atomic E-state index is 13.5. The molecule has 1 saturated carbocycles. The average Bonchev–Trinajstić information content (AvgIpc) is 3.50. The Morgan fingerprint density at radius 2 is 2.03 bits per heavy atom. The third-order valence-corrected chi connectivity index (χ3v) is 6.91. The van der Waals surface area contributed by atoms with Crippen LogP contribution in [-0.2, 0) is 0 Å². The Labute approximate surface area is 187 Å². The third-order valence-electron chi connectivity index (χ3n) is 6.91. The number of likely N-dealkylation sites (tertiary alicyclic amines) is 1. The van der Waals surface area contributed by atoms with Crippen molar-refractivity contribution in [1.82, 2.24) is 9.88 Å². The van der Waals surface area contributed by atoms with Gasteiger partial charge in [0.15, 0.2) is 17.3 Å². The molecule has 1 aromatic heterocycles. The largest absolute Gasteiger partial charge is 0.454 e. The molecule has 2 N–H and O–H groups in total. The van der Waals surface area contributed by atoms with Gasteiger partial charge in [-0.15, -0.1) is 0 Å². The number of hydrogen-bond acceptors (Lipinski definition) is 6. The molecular weight excluding hydrogens is 406 g/mol. The van der Waals surface area contributed by atoms with E-state index in [9.17, 15) is 4.79 Å². The smallest absolute Gasteiger partial charge is 0.254 e. The number of anilines is 2. The van der Waals surface area contributed by atoms with E-state index in [0.29, 0.717) is 36.2 Å². The van der Waals surface area contributed by atoms with E-state index in [2.05, 4.69) is 15.6 Å². The standard InChI is InChI=1S/C24H27N5O3/c30-22(16-8-9-19-20(13-16)32-15-31-19)29-12-4-10-24(14-29)23(26-17-5-1-2-6-17)27-21-18(28-24)7-3-11-25-21/h3,7-9,11,13,17,28H,1-2,4-6,10,12,14-15H2,(H,25,26,27). The maximum absolute atomic E-state index is 13.5. The fraction of sp³-hybridized carbons (Fsp3) is 0.458. The summed E-state index contributed by atoms with van der Waals surface area (Å²) >= 11 is 0. The van der Waals surface area contributed by atoms with Crippen molar-refractivity contribution >= 4 is 23.2 Å². The molecule has 4 aliphatic rings. The number of aromatic nitrogens is 1. The number of carbonyl (C=O) groups is 1. The Kier molecular flexibility index (Phi) is 4.66. The van der Waals surface area contributed by atoms with E-state index >= 15 is 0 Å². The minimum Gasteiger partial charge on any atom is -0.454 e. The van der Waals surface area contributed by atoms with Crippen molar-refractivity contribution < 1.29 is 14.3 Å². The molecule has 8 nitrogen and oxygen atoms in total. The van der Waals surface area contributed by atoms with E-state index in [-0.39, 0.29) is 12.7 Å². The van der Waals surface area contributed by atoms with Crippen LogP contribution < -0.4 is 20.1 Å². The lowest BCUT2D eigenvalue weighted by atomic mass is 9.85. The highest BCUT2D eigenvalue weighted by molar-refractivity contribution is 6.09. The molecule has 2 fully saturated rings. The van der Waals surface area contributed by atoms with Gasteiger partial charge in [-0.3, -0.25) is 9.79 Å². The van der Waals surface area contributed by atoms with Crippen LogP contribution in [0.25, 0.3) is 0 Å². The van der Waals surface area contributed by atoms with E-state index in [1.165, 1.54) is 12.8 Å². The van der Waals surface area contributed by atoms with Crippen molar-refractivity contribution in [3.8, 4) is 11.5 Å². The maximum Gasteiger partial charge on any atom is 0.254 e. The van der Waals surface area contributed by atoms with Crippen molar-refractivity contribution in [3.05, 3.63) is 42.1 Å². The van der Waals surface area contributed by atoms with Crippen molar-refractivity contribution in [1.29, 1.82) is 0 Å². The number of nitrogens with one attached hydrogen (secondary N) is 2. The average molecular weight is 434 g/mol. The molecule has 1 saturated heterocycles. The van der Waals surface area contributed by atoms with Crippen LogP contribution in [0.2, 0.25) is 0 Å². The predicted molar refractivity (Wildman–Crippen MR) is 122 cm³/mol. The minimum atomic E-state index is -0.442. The van der Waals surface area contributed by atoms with Gasteiger partial charge in [0.05, 0.1) is 18.3 Å². The first kappa shape index (κ1) is 19.4. The number of rotatable bonds is 2. The minimum absolute atomic E-state index is 0.00127. The number of fused-ring (bicyclic) bond motifs is 2. The molecule has 1 aliphatic carbocycles. The van der Waals surface area contributed by atoms with Crippen LogP contribution in [-0.4, -0.2) is 53.1 Å². The number of ether oxygens (including phenoxy) is 2. The number of amidine groups is 1. The van der Waals surface area contributed by atoms with Gasteiger partial charge in [-0.2, -0.15) is 0 Å². The number of piperidine rings is 1. The summed E-state index contributed by atoms with van der Waals surface area (Å²) in [6, 6.07) is 9.70. The van der Waals surface area contributed by atoms with Crippen LogP contribution in [0, 0.1) is 0 Å². The van der Waals surface area contributed by atoms with Gasteiger partial charge in [0.1, 0.15) is 11.4 Å². The topological polar surface area (TPSA) is 88.1 Å². The molecule has 1 spiro atoms. The zero-order valence-corrected chi connectivity index (χ0v) is 18.0. The van der Waals surface area contributed by atoms with Gasteiger partial charge in [0.2, 0.25) is 6.79 Å². The van der Waals surface area contributed by atoms with E-state index < -0.39 is 5.54 Å². The van der Waals surface area contributed by atoms with Gasteiger partial charge >= 0.3 is 0 Å². The second kappa shape index (κ2) is 7.69. The first-order chi connectivity index (χ1) is 15.7. The molecule has 8 heteroatoms. The van der Waals surface area contributed by atoms with Crippen LogP contribution in [0.1, 0.15) is 48.9 Å². The van der Waals surface area contributed by atoms with E-state index in [1.54, 1.807) is 12.3 Å². The van der Waals surface area contributed by atoms with Crippen LogP contribution in [0.3, 0.4) is 0 Å². The Hall–Kier alpha value is -3.29. The first-order valence-electron chi connectivity index (χ1n) is 11.5. The molecule has 1 unspecified atom stereocenters. The Morgan fingerprint density at radius 1 is 1.16 bits per heavy atom. The van der Waals surface area contributed by atoms with Crippen LogP contribution in [0.4, 0.5) is 11.5 Å². The van der Waals surface area contributed by atoms with Gasteiger partial charge in [-0.05, 0) is 56.0 Å². The molecule has 0 radical (unpaired) electrons. The van der Waals surface area contributed by atoms with Gasteiger partial charge in [-0.25, -0.2) is 4.98 Å². The normalized spacial score (nSPS) is 25.5. The quantitative estimate of drug-likeness (QED) is 0.752. The second-order valence-corrected chi connectivity index (χ2v) is 9.05. The number of nitrogens with zero attached hydrogens (tertiary/aromatic N) is 3. The first-order valence-corrected chi connectivity index (χ1v) is 11.5. The molecular formula is C24H27N5O3. The Balaban J connectivity index is 1.32. The SMILES string of the molecule is O=C(c1ccc2c(c1)OCO2)N1CCCC2(C1)Nc1cccnc1NC2=NC1CCCC1. The molecule has 6 rings (SSSR count). The highest BCUT2D eigenvalue weighted by atomic mass is 16.7. The fourth-order valence-corrected chi connectivity index (χ4v) is 5.26. The number of carbonyl (C=O) groups excluding carboxylic acids is 1. The lowest BCUT2D eigenvalue weighted by Gasteiger charge is -2.47. The highest BCUT2D eigenvalue weighted by Gasteiger charge is 2.45. The number of amides is 1. The molecule has 166 valence electrons. The Bertz CT molecular complexity index is 1080. The molecule has 1 amide bonds. The molecule has 2 aromatic rings. The predicted octanol–water partition coefficient (Wildman–Crippen LogP) is 3.66. The van der Waals surface area contributed by atoms with Crippen LogP contribution in [0.5, 0.6) is 11.5 Å². The summed E-state index contributed by atoms with van der Waals surface area (Å²) in [5.74, 6) is 3.03. The fourth-order valence-electron chi connectivity index (χ4n) is 5.26. The zero-order chi connectivity index (χ0) is 21.5. The summed E-state index contributed by atoms with van der Waals surface area (Å²) in [6.07, 6.45) is 8.29. The van der Waals surface area contributed by atoms with Crippen LogP contribution in [0.15, 0.2) is 41.5 Å². The summed E-state index contributed by atoms with van der Waals surface area (Å²) in [4.78, 5) is 25.0. The van der Waals surface area contributed by atoms with Crippen molar-refractivity contribution in [2.45, 2.75) is 50.1 Å². The molecule has 1 aromatic carbocycles. The van der Waals surface area contributed by atoms with Crippen molar-refractivity contribution in [2.75, 3.05) is 30.5 Å². The van der Waals surface area contributed by atoms with E-state index in [0.717, 1.165) is 43.0 Å². The third kappa shape index (κ3) is 3.34. The van der Waals surface area contributed by atoms with Gasteiger partial charge in [-0.1, -0.05) is 12.8 Å². The summed E-state index contributed by atoms with van der Waals surface area (Å²) in [6.45, 7) is 1.46. The van der Waals surface area contributed by atoms with E-state index in [4.69, 9.17) is 14.5 Å². The number of hydrogen-bond donors (Lipinski definition) is 2. The van der Waals surface area contributed by atoms with E-state index in [1.807, 2.05) is 29.2 Å². The lowest BCUT2D eigenvalue weighted by Crippen LogP contribution is -2.62. The van der Waals surface area contributed by atoms with Gasteiger partial charge in [0, 0.05) is 18.3 Å².